The number of para-hydroxylation sites is 1. The molecule has 0 spiro atoms. The molecule has 292 valence electrons. The van der Waals surface area contributed by atoms with Gasteiger partial charge in [0.2, 0.25) is 17.8 Å². The number of anilines is 4. The minimum atomic E-state index is -0.446. The number of rotatable bonds is 15. The monoisotopic (exact) mass is 798 g/mol. The predicted molar refractivity (Wildman–Crippen MR) is 225 cm³/mol. The summed E-state index contributed by atoms with van der Waals surface area (Å²) >= 11 is 13.6. The number of likely N-dealkylation sites (N-methyl/N-ethyl adjacent to an activating group) is 2. The molecule has 5 aromatic rings. The summed E-state index contributed by atoms with van der Waals surface area (Å²) in [5.74, 6) is 0.178. The second-order valence-electron chi connectivity index (χ2n) is 13.3. The molecule has 0 fully saturated rings. The van der Waals surface area contributed by atoms with E-state index in [1.54, 1.807) is 48.7 Å². The van der Waals surface area contributed by atoms with Crippen LogP contribution in [-0.4, -0.2) is 91.6 Å². The number of carbonyl (C=O) groups excluding carboxylic acids is 2. The first-order valence-electron chi connectivity index (χ1n) is 17.5. The number of ether oxygens (including phenoxy) is 2. The van der Waals surface area contributed by atoms with Crippen LogP contribution in [0.5, 0.6) is 11.5 Å². The van der Waals surface area contributed by atoms with Gasteiger partial charge in [0.15, 0.2) is 0 Å². The molecule has 3 aromatic carbocycles. The molecule has 2 heterocycles. The summed E-state index contributed by atoms with van der Waals surface area (Å²) in [4.78, 5) is 53.2. The Morgan fingerprint density at radius 1 is 0.857 bits per heavy atom. The van der Waals surface area contributed by atoms with Crippen molar-refractivity contribution < 1.29 is 19.1 Å². The van der Waals surface area contributed by atoms with Crippen molar-refractivity contribution in [3.8, 4) is 22.6 Å². The first-order chi connectivity index (χ1) is 26.8. The van der Waals surface area contributed by atoms with Gasteiger partial charge in [-0.15, -0.1) is 0 Å². The second-order valence-corrected chi connectivity index (χ2v) is 14.1. The van der Waals surface area contributed by atoms with Crippen LogP contribution in [0.4, 0.5) is 23.0 Å². The summed E-state index contributed by atoms with van der Waals surface area (Å²) in [5.41, 5.74) is 3.54. The molecule has 2 amide bonds. The van der Waals surface area contributed by atoms with Crippen LogP contribution < -0.4 is 31.0 Å². The number of methoxy groups -OCH3 is 2. The molecule has 15 heteroatoms. The first-order valence-corrected chi connectivity index (χ1v) is 18.3. The summed E-state index contributed by atoms with van der Waals surface area (Å²) in [6, 6.07) is 15.8. The van der Waals surface area contributed by atoms with E-state index in [0.29, 0.717) is 41.2 Å². The fraction of sp³-hybridized carbons (Fsp3) is 0.244. The quantitative estimate of drug-likeness (QED) is 0.0949. The van der Waals surface area contributed by atoms with Gasteiger partial charge in [-0.2, -0.15) is 4.98 Å². The highest BCUT2D eigenvalue weighted by molar-refractivity contribution is 6.41. The summed E-state index contributed by atoms with van der Waals surface area (Å²) < 4.78 is 12.5. The fourth-order valence-electron chi connectivity index (χ4n) is 5.69. The van der Waals surface area contributed by atoms with Gasteiger partial charge in [-0.1, -0.05) is 59.6 Å². The van der Waals surface area contributed by atoms with Crippen LogP contribution in [0.25, 0.3) is 22.2 Å². The van der Waals surface area contributed by atoms with Gasteiger partial charge in [-0.25, -0.2) is 4.98 Å². The number of nitrogens with one attached hydrogen (secondary N) is 3. The number of halogens is 2. The van der Waals surface area contributed by atoms with E-state index >= 15 is 0 Å². The van der Waals surface area contributed by atoms with Crippen LogP contribution in [0.15, 0.2) is 89.9 Å². The Morgan fingerprint density at radius 2 is 1.46 bits per heavy atom. The molecular weight excluding hydrogens is 755 g/mol. The van der Waals surface area contributed by atoms with Crippen molar-refractivity contribution in [1.82, 2.24) is 24.3 Å². The van der Waals surface area contributed by atoms with Crippen molar-refractivity contribution in [2.45, 2.75) is 13.5 Å². The highest BCUT2D eigenvalue weighted by atomic mass is 35.5. The van der Waals surface area contributed by atoms with Crippen LogP contribution in [0, 0.1) is 6.92 Å². The van der Waals surface area contributed by atoms with Crippen LogP contribution >= 0.6 is 23.2 Å². The molecule has 0 aliphatic heterocycles. The van der Waals surface area contributed by atoms with Gasteiger partial charge < -0.3 is 35.2 Å². The Bertz CT molecular complexity index is 2330. The van der Waals surface area contributed by atoms with E-state index in [-0.39, 0.29) is 57.0 Å². The van der Waals surface area contributed by atoms with Gasteiger partial charge >= 0.3 is 0 Å². The molecule has 0 radical (unpaired) electrons. The topological polar surface area (TPSA) is 143 Å². The fourth-order valence-corrected chi connectivity index (χ4v) is 6.40. The molecule has 2 aromatic heterocycles. The van der Waals surface area contributed by atoms with Crippen molar-refractivity contribution in [3.05, 3.63) is 117 Å². The normalized spacial score (nSPS) is 11.6. The largest absolute Gasteiger partial charge is 0.495 e. The number of carbonyl (C=O) groups is 2. The Labute approximate surface area is 335 Å². The molecule has 0 aliphatic rings. The SMILES string of the molecule is COc1cc(OC)c(Cl)c(-c2cc3cnc(Nc4c(C)cccc4NC(=O)/C=C/CN(C)C)nc3n(Cc3ccc(NC(=O)/C=C/CN(C)C)cc3)c2=O)c1Cl. The zero-order valence-electron chi connectivity index (χ0n) is 32.2. The zero-order valence-corrected chi connectivity index (χ0v) is 33.7. The number of aromatic nitrogens is 3. The van der Waals surface area contributed by atoms with Crippen LogP contribution in [0.1, 0.15) is 11.1 Å². The van der Waals surface area contributed by atoms with Crippen LogP contribution in [0.3, 0.4) is 0 Å². The van der Waals surface area contributed by atoms with Crippen molar-refractivity contribution in [3.63, 3.8) is 0 Å². The molecular formula is C41H44Cl2N8O5. The molecule has 0 saturated heterocycles. The lowest BCUT2D eigenvalue weighted by Gasteiger charge is -2.18. The van der Waals surface area contributed by atoms with Gasteiger partial charge in [0.05, 0.1) is 47.7 Å². The average Bonchev–Trinajstić information content (AvgIpc) is 3.15. The Balaban J connectivity index is 1.59. The number of hydrogen-bond acceptors (Lipinski definition) is 10. The van der Waals surface area contributed by atoms with Crippen molar-refractivity contribution >= 4 is 69.1 Å². The zero-order chi connectivity index (χ0) is 40.5. The molecule has 0 bridgehead atoms. The average molecular weight is 800 g/mol. The van der Waals surface area contributed by atoms with E-state index < -0.39 is 5.56 Å². The van der Waals surface area contributed by atoms with E-state index in [4.69, 9.17) is 37.7 Å². The molecule has 5 rings (SSSR count). The smallest absolute Gasteiger partial charge is 0.260 e. The minimum Gasteiger partial charge on any atom is -0.495 e. The summed E-state index contributed by atoms with van der Waals surface area (Å²) in [6.07, 6.45) is 8.10. The molecule has 0 unspecified atom stereocenters. The summed E-state index contributed by atoms with van der Waals surface area (Å²) in [5, 5.41) is 9.81. The number of aryl methyl sites for hydroxylation is 1. The Morgan fingerprint density at radius 3 is 2.05 bits per heavy atom. The van der Waals surface area contributed by atoms with Crippen molar-refractivity contribution in [2.24, 2.45) is 0 Å². The lowest BCUT2D eigenvalue weighted by Crippen LogP contribution is -2.24. The second kappa shape index (κ2) is 18.7. The highest BCUT2D eigenvalue weighted by Crippen LogP contribution is 2.45. The third-order valence-corrected chi connectivity index (χ3v) is 9.23. The molecule has 0 atom stereocenters. The minimum absolute atomic E-state index is 0.0812. The van der Waals surface area contributed by atoms with Gasteiger partial charge in [-0.3, -0.25) is 19.0 Å². The maximum Gasteiger partial charge on any atom is 0.260 e. The Hall–Kier alpha value is -5.73. The number of fused-ring (bicyclic) bond motifs is 1. The van der Waals surface area contributed by atoms with Gasteiger partial charge in [0, 0.05) is 54.1 Å². The van der Waals surface area contributed by atoms with E-state index in [9.17, 15) is 14.4 Å². The van der Waals surface area contributed by atoms with Crippen LogP contribution in [-0.2, 0) is 16.1 Å². The maximum atomic E-state index is 14.6. The molecule has 0 saturated carbocycles. The number of hydrogen-bond donors (Lipinski definition) is 3. The van der Waals surface area contributed by atoms with Crippen molar-refractivity contribution in [2.75, 3.05) is 71.5 Å². The predicted octanol–water partition coefficient (Wildman–Crippen LogP) is 7.00. The Kier molecular flexibility index (Phi) is 13.9. The summed E-state index contributed by atoms with van der Waals surface area (Å²) in [7, 11) is 10.6. The standard InChI is InChI=1S/C41H44Cl2N8O5/c1-25-11-8-12-30(46-34(53)14-10-20-50(4)5)38(25)47-41-44-23-27-21-29(35-36(42)31(55-6)22-32(56-7)37(35)43)40(54)51(39(27)48-41)24-26-15-17-28(18-16-26)45-33(52)13-9-19-49(2)3/h8-18,21-23H,19-20,24H2,1-7H3,(H,45,52)(H,46,53)(H,44,47,48)/b13-9+,14-10+. The van der Waals surface area contributed by atoms with E-state index in [0.717, 1.165) is 11.1 Å². The lowest BCUT2D eigenvalue weighted by molar-refractivity contribution is -0.112. The maximum absolute atomic E-state index is 14.6. The van der Waals surface area contributed by atoms with E-state index in [1.165, 1.54) is 30.9 Å². The third kappa shape index (κ3) is 10.1. The van der Waals surface area contributed by atoms with E-state index in [2.05, 4.69) is 20.9 Å². The van der Waals surface area contributed by atoms with Gasteiger partial charge in [0.25, 0.3) is 5.56 Å². The first kappa shape index (κ1) is 41.4. The van der Waals surface area contributed by atoms with Crippen molar-refractivity contribution in [1.29, 1.82) is 0 Å². The molecule has 56 heavy (non-hydrogen) atoms. The lowest BCUT2D eigenvalue weighted by atomic mass is 10.0. The molecule has 0 aliphatic carbocycles. The van der Waals surface area contributed by atoms with Gasteiger partial charge in [-0.05, 0) is 70.5 Å². The highest BCUT2D eigenvalue weighted by Gasteiger charge is 2.24. The van der Waals surface area contributed by atoms with E-state index in [1.807, 2.05) is 69.2 Å². The summed E-state index contributed by atoms with van der Waals surface area (Å²) in [6.45, 7) is 3.22. The number of pyridine rings is 1. The third-order valence-electron chi connectivity index (χ3n) is 8.48. The number of benzene rings is 3. The van der Waals surface area contributed by atoms with Gasteiger partial charge in [0.1, 0.15) is 17.1 Å². The molecule has 3 N–H and O–H groups in total. The molecule has 13 nitrogen and oxygen atoms in total. The number of amides is 2. The van der Waals surface area contributed by atoms with Crippen LogP contribution in [0.2, 0.25) is 10.0 Å². The number of nitrogens with zero attached hydrogens (tertiary/aromatic N) is 5.